The first-order valence-electron chi connectivity index (χ1n) is 22.7. The number of amides is 3. The number of pyridine rings is 1. The quantitative estimate of drug-likeness (QED) is 0.213. The summed E-state index contributed by atoms with van der Waals surface area (Å²) < 4.78 is 40.4. The normalized spacial score (nSPS) is 24.2. The van der Waals surface area contributed by atoms with Gasteiger partial charge in [-0.25, -0.2) is 23.1 Å². The van der Waals surface area contributed by atoms with E-state index in [4.69, 9.17) is 19.4 Å². The van der Waals surface area contributed by atoms with Gasteiger partial charge in [0.1, 0.15) is 18.1 Å². The zero-order valence-electron chi connectivity index (χ0n) is 38.7. The average Bonchev–Trinajstić information content (AvgIpc) is 4.07. The van der Waals surface area contributed by atoms with Gasteiger partial charge in [-0.05, 0) is 81.7 Å². The van der Waals surface area contributed by atoms with Crippen LogP contribution < -0.4 is 10.7 Å². The molecule has 5 atom stereocenters. The Morgan fingerprint density at radius 3 is 2.58 bits per heavy atom. The second-order valence-electron chi connectivity index (χ2n) is 19.3. The number of thiazole rings is 1. The molecule has 4 aliphatic rings. The third-order valence-electron chi connectivity index (χ3n) is 13.7. The number of hydrazine groups is 1. The molecule has 4 aliphatic heterocycles. The number of hydrogen-bond acceptors (Lipinski definition) is 12. The van der Waals surface area contributed by atoms with Gasteiger partial charge in [0.25, 0.3) is 5.91 Å². The number of nitrogens with one attached hydrogen (secondary N) is 2. The van der Waals surface area contributed by atoms with Crippen molar-refractivity contribution in [1.29, 1.82) is 0 Å². The Kier molecular flexibility index (Phi) is 13.1. The second-order valence-corrected chi connectivity index (χ2v) is 22.3. The Labute approximate surface area is 385 Å². The number of carbonyl (C=O) groups excluding carboxylic acids is 4. The Bertz CT molecular complexity index is 2610. The molecule has 3 aromatic heterocycles. The van der Waals surface area contributed by atoms with Crippen molar-refractivity contribution in [3.05, 3.63) is 58.2 Å². The minimum absolute atomic E-state index is 0.0636. The van der Waals surface area contributed by atoms with E-state index in [9.17, 15) is 27.6 Å². The monoisotopic (exact) mass is 930 g/mol. The highest BCUT2D eigenvalue weighted by Crippen LogP contribution is 2.44. The fourth-order valence-electron chi connectivity index (χ4n) is 10.2. The van der Waals surface area contributed by atoms with Crippen LogP contribution in [0.25, 0.3) is 33.4 Å². The fraction of sp³-hybridized carbons (Fsp3) is 0.574. The number of carbonyl (C=O) groups is 4. The van der Waals surface area contributed by atoms with Crippen molar-refractivity contribution in [3.63, 3.8) is 0 Å². The summed E-state index contributed by atoms with van der Waals surface area (Å²) >= 11 is 1.40. The van der Waals surface area contributed by atoms with Gasteiger partial charge in [0, 0.05) is 85.3 Å². The number of cyclic esters (lactones) is 1. The summed E-state index contributed by atoms with van der Waals surface area (Å²) in [5.41, 5.74) is 8.31. The van der Waals surface area contributed by atoms with Crippen LogP contribution in [0.4, 0.5) is 0 Å². The van der Waals surface area contributed by atoms with Crippen molar-refractivity contribution in [3.8, 4) is 22.5 Å². The van der Waals surface area contributed by atoms with Crippen LogP contribution in [0.5, 0.6) is 0 Å². The molecule has 3 saturated heterocycles. The molecule has 2 N–H and O–H groups in total. The van der Waals surface area contributed by atoms with Crippen molar-refractivity contribution in [2.24, 2.45) is 16.7 Å². The highest BCUT2D eigenvalue weighted by Gasteiger charge is 2.55. The Balaban J connectivity index is 1.17. The third-order valence-corrected chi connectivity index (χ3v) is 15.8. The fourth-order valence-corrected chi connectivity index (χ4v) is 12.0. The van der Waals surface area contributed by atoms with E-state index in [0.29, 0.717) is 56.7 Å². The molecular weight excluding hydrogens is 869 g/mol. The van der Waals surface area contributed by atoms with Gasteiger partial charge in [-0.2, -0.15) is 0 Å². The zero-order valence-corrected chi connectivity index (χ0v) is 40.3. The molecule has 0 aliphatic carbocycles. The first kappa shape index (κ1) is 46.8. The molecule has 0 radical (unpaired) electrons. The summed E-state index contributed by atoms with van der Waals surface area (Å²) in [6, 6.07) is 7.57. The number of sulfonamides is 1. The molecule has 16 nitrogen and oxygen atoms in total. The smallest absolute Gasteiger partial charge is 0.324 e. The van der Waals surface area contributed by atoms with E-state index in [1.54, 1.807) is 18.2 Å². The molecule has 1 spiro atoms. The van der Waals surface area contributed by atoms with Crippen molar-refractivity contribution in [2.45, 2.75) is 111 Å². The highest BCUT2D eigenvalue weighted by atomic mass is 32.2. The molecule has 4 aromatic rings. The number of rotatable bonds is 9. The van der Waals surface area contributed by atoms with Crippen LogP contribution in [-0.2, 0) is 58.1 Å². The molecule has 1 aromatic carbocycles. The van der Waals surface area contributed by atoms with E-state index in [2.05, 4.69) is 60.3 Å². The van der Waals surface area contributed by atoms with Gasteiger partial charge in [-0.1, -0.05) is 33.8 Å². The minimum atomic E-state index is -3.49. The number of fused-ring (bicyclic) bond motifs is 6. The molecule has 8 rings (SSSR count). The number of nitrogens with zero attached hydrogens (tertiary/aromatic N) is 6. The molecule has 350 valence electrons. The largest absolute Gasteiger partial charge is 0.464 e. The molecule has 0 saturated carbocycles. The van der Waals surface area contributed by atoms with Gasteiger partial charge in [-0.3, -0.25) is 29.2 Å². The minimum Gasteiger partial charge on any atom is -0.464 e. The van der Waals surface area contributed by atoms with E-state index in [0.717, 1.165) is 50.9 Å². The summed E-state index contributed by atoms with van der Waals surface area (Å²) in [6.45, 7) is 13.8. The van der Waals surface area contributed by atoms with E-state index in [1.165, 1.54) is 20.7 Å². The van der Waals surface area contributed by atoms with Crippen molar-refractivity contribution in [1.82, 2.24) is 39.5 Å². The van der Waals surface area contributed by atoms with E-state index < -0.39 is 56.8 Å². The highest BCUT2D eigenvalue weighted by molar-refractivity contribution is 7.88. The van der Waals surface area contributed by atoms with Crippen molar-refractivity contribution >= 4 is 56.0 Å². The van der Waals surface area contributed by atoms with Gasteiger partial charge < -0.3 is 24.3 Å². The molecule has 3 amide bonds. The summed E-state index contributed by atoms with van der Waals surface area (Å²) in [7, 11) is -1.81. The number of benzene rings is 1. The van der Waals surface area contributed by atoms with Gasteiger partial charge in [0.05, 0.1) is 46.5 Å². The van der Waals surface area contributed by atoms with E-state index >= 15 is 0 Å². The van der Waals surface area contributed by atoms with Crippen LogP contribution in [-0.4, -0.2) is 125 Å². The van der Waals surface area contributed by atoms with Crippen LogP contribution in [0, 0.1) is 16.7 Å². The summed E-state index contributed by atoms with van der Waals surface area (Å²) in [6.07, 6.45) is 5.11. The predicted octanol–water partition coefficient (Wildman–Crippen LogP) is 5.11. The van der Waals surface area contributed by atoms with Crippen LogP contribution in [0.3, 0.4) is 0 Å². The number of hydrogen-bond donors (Lipinski definition) is 2. The van der Waals surface area contributed by atoms with Crippen LogP contribution in [0.1, 0.15) is 89.6 Å². The molecule has 1 unspecified atom stereocenters. The van der Waals surface area contributed by atoms with Crippen molar-refractivity contribution < 1.29 is 37.1 Å². The predicted molar refractivity (Wildman–Crippen MR) is 248 cm³/mol. The number of ether oxygens (including phenoxy) is 2. The first-order valence-corrected chi connectivity index (χ1v) is 25.5. The average molecular weight is 931 g/mol. The molecule has 3 fully saturated rings. The van der Waals surface area contributed by atoms with Gasteiger partial charge in [-0.15, -0.1) is 11.3 Å². The second kappa shape index (κ2) is 18.1. The number of likely N-dealkylation sites (tertiary alicyclic amines) is 1. The van der Waals surface area contributed by atoms with Crippen LogP contribution in [0.2, 0.25) is 0 Å². The molecule has 6 bridgehead atoms. The number of esters is 1. The Hall–Kier alpha value is -4.75. The molecule has 65 heavy (non-hydrogen) atoms. The maximum Gasteiger partial charge on any atom is 0.324 e. The topological polar surface area (TPSA) is 185 Å². The Morgan fingerprint density at radius 2 is 1.88 bits per heavy atom. The molecule has 7 heterocycles. The van der Waals surface area contributed by atoms with Gasteiger partial charge in [0.15, 0.2) is 0 Å². The Morgan fingerprint density at radius 1 is 1.11 bits per heavy atom. The standard InChI is InChI=1S/C47H62N8O8S2/c1-9-53-37-15-14-30-22-32(37)33(41(53)31-12-10-18-48-39(31)29(4)62-7)24-46(5,6)27-63-44(58)34-13-11-19-55(51-34)43(57)35(23-38-49-36(30)25-64-38)50-42(56)40(28(2)3)54-21-17-47(45(54)59)16-20-52(26-47)65(8,60)61/h10,12,14-15,18,22,25,28-29,34-35,40,51H,9,11,13,16-17,19-21,23-24,26-27H2,1-8H3,(H,50,56)/t29-,34-,35-,40-,47?/m0/s1. The number of aromatic nitrogens is 3. The summed E-state index contributed by atoms with van der Waals surface area (Å²) in [5.74, 6) is -1.95. The number of aryl methyl sites for hydroxylation is 1. The lowest BCUT2D eigenvalue weighted by atomic mass is 9.84. The molecular formula is C47H62N8O8S2. The van der Waals surface area contributed by atoms with Gasteiger partial charge >= 0.3 is 5.97 Å². The first-order chi connectivity index (χ1) is 30.8. The lowest BCUT2D eigenvalue weighted by Gasteiger charge is -2.36. The van der Waals surface area contributed by atoms with E-state index in [1.807, 2.05) is 32.2 Å². The van der Waals surface area contributed by atoms with Crippen LogP contribution >= 0.6 is 11.3 Å². The van der Waals surface area contributed by atoms with Crippen molar-refractivity contribution in [2.75, 3.05) is 46.2 Å². The lowest BCUT2D eigenvalue weighted by Crippen LogP contribution is -2.62. The summed E-state index contributed by atoms with van der Waals surface area (Å²) in [5, 5.41) is 8.08. The van der Waals surface area contributed by atoms with Crippen LogP contribution in [0.15, 0.2) is 41.9 Å². The van der Waals surface area contributed by atoms with E-state index in [-0.39, 0.29) is 44.0 Å². The SMILES string of the molecule is CCn1c(-c2cccnc2[C@H](C)OC)c2c3cc(ccc31)-c1csc(n1)C[C@H](NC(=O)[C@H](C(C)C)N1CCC3(CCN(S(C)(=O)=O)C3)C1=O)C(=O)N1CCC[C@H](N1)C(=O)OCC(C)(C)C2. The van der Waals surface area contributed by atoms with Gasteiger partial charge in [0.2, 0.25) is 21.8 Å². The lowest BCUT2D eigenvalue weighted by molar-refractivity contribution is -0.155. The number of methoxy groups -OCH3 is 1. The maximum atomic E-state index is 14.6. The zero-order chi connectivity index (χ0) is 46.6. The maximum absolute atomic E-state index is 14.6. The third kappa shape index (κ3) is 9.08. The summed E-state index contributed by atoms with van der Waals surface area (Å²) in [4.78, 5) is 68.7. The molecule has 18 heteroatoms.